The van der Waals surface area contributed by atoms with Gasteiger partial charge < -0.3 is 14.7 Å². The van der Waals surface area contributed by atoms with E-state index in [1.807, 2.05) is 12.1 Å². The summed E-state index contributed by atoms with van der Waals surface area (Å²) in [6.45, 7) is 2.06. The first-order valence-corrected chi connectivity index (χ1v) is 5.20. The molecule has 1 aliphatic heterocycles. The highest BCUT2D eigenvalue weighted by molar-refractivity contribution is 5.52. The van der Waals surface area contributed by atoms with Crippen molar-refractivity contribution in [2.75, 3.05) is 31.7 Å². The van der Waals surface area contributed by atoms with E-state index in [1.54, 1.807) is 13.3 Å². The number of ether oxygens (including phenoxy) is 1. The molecule has 1 fully saturated rings. The molecule has 2 rings (SSSR count). The Kier molecular flexibility index (Phi) is 3.06. The third-order valence-electron chi connectivity index (χ3n) is 2.81. The van der Waals surface area contributed by atoms with Crippen LogP contribution < -0.4 is 9.64 Å². The lowest BCUT2D eigenvalue weighted by Gasteiger charge is -2.19. The van der Waals surface area contributed by atoms with Crippen LogP contribution in [0, 0.1) is 5.92 Å². The SMILES string of the molecule is COc1cccnc1N1CCC(CO)C1. The number of pyridine rings is 1. The van der Waals surface area contributed by atoms with Gasteiger partial charge in [0, 0.05) is 31.8 Å². The molecule has 1 aromatic rings. The molecule has 0 bridgehead atoms. The molecule has 0 aromatic carbocycles. The number of hydrogen-bond acceptors (Lipinski definition) is 4. The smallest absolute Gasteiger partial charge is 0.171 e. The van der Waals surface area contributed by atoms with Gasteiger partial charge in [-0.15, -0.1) is 0 Å². The predicted octanol–water partition coefficient (Wildman–Crippen LogP) is 0.909. The minimum absolute atomic E-state index is 0.256. The van der Waals surface area contributed by atoms with Crippen LogP contribution in [0.4, 0.5) is 5.82 Å². The fraction of sp³-hybridized carbons (Fsp3) is 0.545. The van der Waals surface area contributed by atoms with Crippen molar-refractivity contribution in [1.82, 2.24) is 4.98 Å². The quantitative estimate of drug-likeness (QED) is 0.802. The lowest BCUT2D eigenvalue weighted by atomic mass is 10.1. The van der Waals surface area contributed by atoms with Crippen LogP contribution in [0.3, 0.4) is 0 Å². The van der Waals surface area contributed by atoms with Gasteiger partial charge in [0.2, 0.25) is 0 Å². The summed E-state index contributed by atoms with van der Waals surface area (Å²) in [5, 5.41) is 9.08. The Morgan fingerprint density at radius 2 is 2.53 bits per heavy atom. The molecule has 82 valence electrons. The summed E-state index contributed by atoms with van der Waals surface area (Å²) in [6.07, 6.45) is 2.79. The number of hydrogen-bond donors (Lipinski definition) is 1. The highest BCUT2D eigenvalue weighted by Gasteiger charge is 2.24. The van der Waals surface area contributed by atoms with Crippen LogP contribution in [0.25, 0.3) is 0 Å². The van der Waals surface area contributed by atoms with Gasteiger partial charge in [-0.1, -0.05) is 0 Å². The Balaban J connectivity index is 2.16. The zero-order chi connectivity index (χ0) is 10.7. The molecule has 1 saturated heterocycles. The van der Waals surface area contributed by atoms with Crippen molar-refractivity contribution in [2.24, 2.45) is 5.92 Å². The van der Waals surface area contributed by atoms with E-state index in [1.165, 1.54) is 0 Å². The predicted molar refractivity (Wildman–Crippen MR) is 58.2 cm³/mol. The van der Waals surface area contributed by atoms with Gasteiger partial charge in [0.15, 0.2) is 11.6 Å². The molecule has 0 spiro atoms. The number of aliphatic hydroxyl groups is 1. The lowest BCUT2D eigenvalue weighted by Crippen LogP contribution is -2.22. The molecule has 2 heterocycles. The lowest BCUT2D eigenvalue weighted by molar-refractivity contribution is 0.238. The molecule has 4 heteroatoms. The van der Waals surface area contributed by atoms with Crippen LogP contribution in [0.15, 0.2) is 18.3 Å². The maximum Gasteiger partial charge on any atom is 0.171 e. The molecule has 0 aliphatic carbocycles. The first-order chi connectivity index (χ1) is 7.35. The van der Waals surface area contributed by atoms with Crippen LogP contribution in [-0.4, -0.2) is 36.9 Å². The van der Waals surface area contributed by atoms with Crippen LogP contribution in [0.5, 0.6) is 5.75 Å². The third-order valence-corrected chi connectivity index (χ3v) is 2.81. The van der Waals surface area contributed by atoms with Gasteiger partial charge in [0.25, 0.3) is 0 Å². The molecule has 1 unspecified atom stereocenters. The summed E-state index contributed by atoms with van der Waals surface area (Å²) >= 11 is 0. The molecule has 0 radical (unpaired) electrons. The van der Waals surface area contributed by atoms with Crippen molar-refractivity contribution in [3.63, 3.8) is 0 Å². The highest BCUT2D eigenvalue weighted by atomic mass is 16.5. The maximum atomic E-state index is 9.08. The van der Waals surface area contributed by atoms with E-state index in [0.717, 1.165) is 31.1 Å². The van der Waals surface area contributed by atoms with E-state index >= 15 is 0 Å². The van der Waals surface area contributed by atoms with E-state index in [-0.39, 0.29) is 6.61 Å². The zero-order valence-corrected chi connectivity index (χ0v) is 8.89. The van der Waals surface area contributed by atoms with Crippen LogP contribution in [-0.2, 0) is 0 Å². The summed E-state index contributed by atoms with van der Waals surface area (Å²) in [5.41, 5.74) is 0. The molecule has 1 N–H and O–H groups in total. The number of rotatable bonds is 3. The monoisotopic (exact) mass is 208 g/mol. The first kappa shape index (κ1) is 10.2. The molecule has 15 heavy (non-hydrogen) atoms. The second-order valence-corrected chi connectivity index (χ2v) is 3.81. The number of anilines is 1. The number of methoxy groups -OCH3 is 1. The van der Waals surface area contributed by atoms with Crippen molar-refractivity contribution in [2.45, 2.75) is 6.42 Å². The molecule has 4 nitrogen and oxygen atoms in total. The zero-order valence-electron chi connectivity index (χ0n) is 8.89. The van der Waals surface area contributed by atoms with E-state index in [2.05, 4.69) is 9.88 Å². The van der Waals surface area contributed by atoms with Gasteiger partial charge in [-0.2, -0.15) is 0 Å². The molecular weight excluding hydrogens is 192 g/mol. The second-order valence-electron chi connectivity index (χ2n) is 3.81. The summed E-state index contributed by atoms with van der Waals surface area (Å²) < 4.78 is 5.26. The summed E-state index contributed by atoms with van der Waals surface area (Å²) in [5.74, 6) is 2.06. The molecule has 1 atom stereocenters. The highest BCUT2D eigenvalue weighted by Crippen LogP contribution is 2.29. The molecule has 1 aliphatic rings. The summed E-state index contributed by atoms with van der Waals surface area (Å²) in [6, 6.07) is 3.77. The topological polar surface area (TPSA) is 45.6 Å². The van der Waals surface area contributed by atoms with Gasteiger partial charge >= 0.3 is 0 Å². The van der Waals surface area contributed by atoms with Crippen LogP contribution >= 0.6 is 0 Å². The number of aromatic nitrogens is 1. The van der Waals surface area contributed by atoms with Crippen molar-refractivity contribution in [3.8, 4) is 5.75 Å². The van der Waals surface area contributed by atoms with Gasteiger partial charge in [-0.25, -0.2) is 4.98 Å². The minimum Gasteiger partial charge on any atom is -0.493 e. The average Bonchev–Trinajstić information content (AvgIpc) is 2.77. The van der Waals surface area contributed by atoms with Gasteiger partial charge in [0.1, 0.15) is 0 Å². The van der Waals surface area contributed by atoms with Gasteiger partial charge in [0.05, 0.1) is 7.11 Å². The fourth-order valence-electron chi connectivity index (χ4n) is 1.95. The summed E-state index contributed by atoms with van der Waals surface area (Å²) in [4.78, 5) is 6.49. The fourth-order valence-corrected chi connectivity index (χ4v) is 1.95. The molecular formula is C11H16N2O2. The first-order valence-electron chi connectivity index (χ1n) is 5.20. The van der Waals surface area contributed by atoms with E-state index < -0.39 is 0 Å². The number of aliphatic hydroxyl groups excluding tert-OH is 1. The van der Waals surface area contributed by atoms with Crippen molar-refractivity contribution in [1.29, 1.82) is 0 Å². The number of nitrogens with zero attached hydrogens (tertiary/aromatic N) is 2. The molecule has 0 saturated carbocycles. The van der Waals surface area contributed by atoms with Crippen molar-refractivity contribution < 1.29 is 9.84 Å². The van der Waals surface area contributed by atoms with Gasteiger partial charge in [-0.05, 0) is 18.6 Å². The Morgan fingerprint density at radius 1 is 1.67 bits per heavy atom. The second kappa shape index (κ2) is 4.49. The van der Waals surface area contributed by atoms with Gasteiger partial charge in [-0.3, -0.25) is 0 Å². The van der Waals surface area contributed by atoms with E-state index in [9.17, 15) is 0 Å². The van der Waals surface area contributed by atoms with E-state index in [4.69, 9.17) is 9.84 Å². The van der Waals surface area contributed by atoms with E-state index in [0.29, 0.717) is 5.92 Å². The normalized spacial score (nSPS) is 20.7. The van der Waals surface area contributed by atoms with Crippen LogP contribution in [0.1, 0.15) is 6.42 Å². The Morgan fingerprint density at radius 3 is 3.20 bits per heavy atom. The van der Waals surface area contributed by atoms with Crippen molar-refractivity contribution >= 4 is 5.82 Å². The summed E-state index contributed by atoms with van der Waals surface area (Å²) in [7, 11) is 1.65. The Bertz CT molecular complexity index is 330. The molecule has 1 aromatic heterocycles. The largest absolute Gasteiger partial charge is 0.493 e. The Labute approximate surface area is 89.5 Å². The standard InChI is InChI=1S/C11H16N2O2/c1-15-10-3-2-5-12-11(10)13-6-4-9(7-13)8-14/h2-3,5,9,14H,4,6-8H2,1H3. The van der Waals surface area contributed by atoms with Crippen molar-refractivity contribution in [3.05, 3.63) is 18.3 Å². The Hall–Kier alpha value is -1.29. The average molecular weight is 208 g/mol. The molecule has 0 amide bonds. The third kappa shape index (κ3) is 2.04. The van der Waals surface area contributed by atoms with Crippen LogP contribution in [0.2, 0.25) is 0 Å². The maximum absolute atomic E-state index is 9.08. The minimum atomic E-state index is 0.256.